The lowest BCUT2D eigenvalue weighted by atomic mass is 9.33. The topological polar surface area (TPSA) is 9.72 Å². The third-order valence-electron chi connectivity index (χ3n) is 22.8. The van der Waals surface area contributed by atoms with E-state index in [1.807, 2.05) is 0 Å². The van der Waals surface area contributed by atoms with Crippen LogP contribution in [0.25, 0.3) is 11.1 Å². The van der Waals surface area contributed by atoms with Crippen molar-refractivity contribution in [3.63, 3.8) is 0 Å². The van der Waals surface area contributed by atoms with Gasteiger partial charge < -0.3 is 14.7 Å². The van der Waals surface area contributed by atoms with Crippen LogP contribution < -0.4 is 93.3 Å². The molecule has 0 saturated heterocycles. The fourth-order valence-corrected chi connectivity index (χ4v) is 32.6. The van der Waals surface area contributed by atoms with Gasteiger partial charge in [0, 0.05) is 45.5 Å². The predicted molar refractivity (Wildman–Crippen MR) is 471 cm³/mol. The highest BCUT2D eigenvalue weighted by Crippen LogP contribution is 2.49. The number of hydrogen-bond acceptors (Lipinski definition) is 3. The highest BCUT2D eigenvalue weighted by atomic mass is 28.3. The van der Waals surface area contributed by atoms with Gasteiger partial charge in [-0.3, -0.25) is 0 Å². The highest BCUT2D eigenvalue weighted by Gasteiger charge is 2.50. The minimum Gasteiger partial charge on any atom is -0.311 e. The second-order valence-corrected chi connectivity index (χ2v) is 40.0. The first kappa shape index (κ1) is 66.5. The van der Waals surface area contributed by atoms with Crippen LogP contribution in [-0.4, -0.2) is 30.9 Å². The van der Waals surface area contributed by atoms with E-state index in [9.17, 15) is 0 Å². The molecule has 2 aliphatic heterocycles. The molecule has 0 N–H and O–H groups in total. The first-order valence-electron chi connectivity index (χ1n) is 37.8. The molecular formula is C102H76BN3Si3. The molecular weight excluding hydrogens is 1360 g/mol. The third-order valence-corrected chi connectivity index (χ3v) is 37.1. The molecule has 0 atom stereocenters. The van der Waals surface area contributed by atoms with Crippen molar-refractivity contribution in [3.8, 4) is 11.1 Å². The van der Waals surface area contributed by atoms with Crippen molar-refractivity contribution in [2.75, 3.05) is 14.7 Å². The molecule has 0 saturated carbocycles. The smallest absolute Gasteiger partial charge is 0.252 e. The Kier molecular flexibility index (Phi) is 17.5. The van der Waals surface area contributed by atoms with Gasteiger partial charge in [-0.2, -0.15) is 0 Å². The molecule has 0 radical (unpaired) electrons. The second kappa shape index (κ2) is 28.6. The van der Waals surface area contributed by atoms with Gasteiger partial charge in [-0.1, -0.05) is 388 Å². The summed E-state index contributed by atoms with van der Waals surface area (Å²) in [5.74, 6) is 0. The Hall–Kier alpha value is -13.1. The van der Waals surface area contributed by atoms with Crippen LogP contribution in [0.5, 0.6) is 0 Å². The molecule has 514 valence electrons. The lowest BCUT2D eigenvalue weighted by Crippen LogP contribution is -2.75. The van der Waals surface area contributed by atoms with Gasteiger partial charge in [0.15, 0.2) is 24.2 Å². The van der Waals surface area contributed by atoms with Crippen molar-refractivity contribution in [1.29, 1.82) is 0 Å². The van der Waals surface area contributed by atoms with Crippen molar-refractivity contribution in [3.05, 3.63) is 461 Å². The van der Waals surface area contributed by atoms with Crippen LogP contribution >= 0.6 is 0 Å². The molecule has 17 aromatic rings. The Morgan fingerprint density at radius 1 is 0.183 bits per heavy atom. The zero-order valence-corrected chi connectivity index (χ0v) is 63.3. The van der Waals surface area contributed by atoms with Crippen LogP contribution in [0, 0.1) is 0 Å². The van der Waals surface area contributed by atoms with Crippen LogP contribution in [0.3, 0.4) is 0 Å². The van der Waals surface area contributed by atoms with Gasteiger partial charge >= 0.3 is 0 Å². The molecule has 2 aliphatic rings. The lowest BCUT2D eigenvalue weighted by Gasteiger charge is -2.46. The van der Waals surface area contributed by atoms with Crippen molar-refractivity contribution in [2.45, 2.75) is 0 Å². The normalized spacial score (nSPS) is 12.3. The van der Waals surface area contributed by atoms with E-state index in [1.54, 1.807) is 0 Å². The summed E-state index contributed by atoms with van der Waals surface area (Å²) in [7, 11) is -9.54. The van der Waals surface area contributed by atoms with Gasteiger partial charge in [-0.25, -0.2) is 0 Å². The number of nitrogens with zero attached hydrogens (tertiary/aromatic N) is 3. The summed E-state index contributed by atoms with van der Waals surface area (Å²) in [6.07, 6.45) is 0. The van der Waals surface area contributed by atoms with Crippen LogP contribution in [0.15, 0.2) is 461 Å². The zero-order valence-electron chi connectivity index (χ0n) is 60.3. The lowest BCUT2D eigenvalue weighted by molar-refractivity contribution is 1.23. The van der Waals surface area contributed by atoms with Crippen LogP contribution in [-0.2, 0) is 0 Å². The molecule has 0 unspecified atom stereocenters. The third kappa shape index (κ3) is 11.3. The van der Waals surface area contributed by atoms with Crippen LogP contribution in [0.1, 0.15) is 0 Å². The molecule has 0 spiro atoms. The van der Waals surface area contributed by atoms with E-state index in [0.29, 0.717) is 0 Å². The van der Waals surface area contributed by atoms with Gasteiger partial charge in [0.25, 0.3) is 6.71 Å². The average Bonchev–Trinajstić information content (AvgIpc) is 0.685. The van der Waals surface area contributed by atoms with Gasteiger partial charge in [0.2, 0.25) is 0 Å². The zero-order chi connectivity index (χ0) is 72.6. The Labute approximate surface area is 643 Å². The molecule has 0 bridgehead atoms. The summed E-state index contributed by atoms with van der Waals surface area (Å²) in [6.45, 7) is -0.268. The summed E-state index contributed by atoms with van der Waals surface area (Å²) in [6, 6.07) is 175. The van der Waals surface area contributed by atoms with Crippen molar-refractivity contribution < 1.29 is 0 Å². The van der Waals surface area contributed by atoms with E-state index in [2.05, 4.69) is 476 Å². The standard InChI is InChI=1S/C102H76BN3Si3/c1-13-39-77(40-14-1)78-41-37-46-81(71-78)105-98-75-94(108(87-54-25-7-26-55-87,88-56-27-8-28-57-88)89-58-29-9-30-59-89)67-69-96(98)103-97-70-68-95(109(90-60-31-10-32-61-90,91-62-33-11-34-63-91)92-64-35-12-36-65-92)76-99(97)106(101-74-83(73-100(105)102(101)103)104(79-42-15-2-16-43-79)80-44-17-3-18-45-80)82-47-38-66-93(72-82)107(84-48-19-4-20-49-84,85-50-21-5-22-51-85)86-52-23-6-24-53-86/h1-76H. The van der Waals surface area contributed by atoms with Crippen molar-refractivity contribution in [2.24, 2.45) is 0 Å². The molecule has 7 heteroatoms. The molecule has 2 heterocycles. The van der Waals surface area contributed by atoms with E-state index < -0.39 is 24.2 Å². The van der Waals surface area contributed by atoms with E-state index >= 15 is 0 Å². The number of anilines is 9. The fourth-order valence-electron chi connectivity index (χ4n) is 18.3. The van der Waals surface area contributed by atoms with E-state index in [0.717, 1.165) is 62.3 Å². The Bertz CT molecular complexity index is 5710. The molecule has 0 aromatic heterocycles. The predicted octanol–water partition coefficient (Wildman–Crippen LogP) is 15.0. The summed E-state index contributed by atoms with van der Waals surface area (Å²) >= 11 is 0. The van der Waals surface area contributed by atoms with Gasteiger partial charge in [-0.05, 0) is 163 Å². The fraction of sp³-hybridized carbons (Fsp3) is 0. The Morgan fingerprint density at radius 2 is 0.440 bits per heavy atom. The van der Waals surface area contributed by atoms with E-state index in [-0.39, 0.29) is 6.71 Å². The molecule has 0 aliphatic carbocycles. The maximum atomic E-state index is 2.70. The van der Waals surface area contributed by atoms with Crippen molar-refractivity contribution >= 4 is 161 Å². The van der Waals surface area contributed by atoms with Crippen LogP contribution in [0.4, 0.5) is 51.2 Å². The second-order valence-electron chi connectivity index (χ2n) is 28.6. The summed E-state index contributed by atoms with van der Waals surface area (Å²) in [5.41, 5.74) is 15.8. The Morgan fingerprint density at radius 3 is 0.761 bits per heavy atom. The maximum Gasteiger partial charge on any atom is 0.252 e. The summed E-state index contributed by atoms with van der Waals surface area (Å²) < 4.78 is 0. The average molecular weight is 1440 g/mol. The molecule has 0 amide bonds. The number of para-hydroxylation sites is 2. The minimum atomic E-state index is -3.22. The SMILES string of the molecule is c1ccc(-c2cccc(N3c4cc([Si](c5ccccc5)(c5ccccc5)c5ccccc5)ccc4B4c5ccc([Si](c6ccccc6)(c6ccccc6)c6ccccc6)cc5N(c5cccc([Si](c6ccccc6)(c6ccccc6)c6ccccc6)c5)c5cc(N(c6ccccc6)c6ccccc6)cc3c54)c2)cc1. The number of benzene rings is 17. The van der Waals surface area contributed by atoms with Crippen LogP contribution in [0.2, 0.25) is 0 Å². The maximum absolute atomic E-state index is 3.22. The summed E-state index contributed by atoms with van der Waals surface area (Å²) in [5, 5.41) is 15.8. The van der Waals surface area contributed by atoms with Gasteiger partial charge in [0.05, 0.1) is 5.69 Å². The summed E-state index contributed by atoms with van der Waals surface area (Å²) in [4.78, 5) is 7.83. The van der Waals surface area contributed by atoms with Gasteiger partial charge in [0.1, 0.15) is 0 Å². The number of rotatable bonds is 18. The minimum absolute atomic E-state index is 0.268. The highest BCUT2D eigenvalue weighted by molar-refractivity contribution is 7.21. The first-order chi connectivity index (χ1) is 54.1. The van der Waals surface area contributed by atoms with Gasteiger partial charge in [-0.15, -0.1) is 0 Å². The number of fused-ring (bicyclic) bond motifs is 4. The van der Waals surface area contributed by atoms with Crippen molar-refractivity contribution in [1.82, 2.24) is 0 Å². The Balaban J connectivity index is 0.982. The molecule has 109 heavy (non-hydrogen) atoms. The quantitative estimate of drug-likeness (QED) is 0.0626. The monoisotopic (exact) mass is 1440 g/mol. The molecule has 17 aromatic carbocycles. The molecule has 19 rings (SSSR count). The van der Waals surface area contributed by atoms with E-state index in [1.165, 1.54) is 78.6 Å². The van der Waals surface area contributed by atoms with E-state index in [4.69, 9.17) is 0 Å². The number of hydrogen-bond donors (Lipinski definition) is 0. The largest absolute Gasteiger partial charge is 0.311 e. The molecule has 0 fully saturated rings. The molecule has 3 nitrogen and oxygen atoms in total. The first-order valence-corrected chi connectivity index (χ1v) is 43.8.